The zero-order chi connectivity index (χ0) is 19.6. The van der Waals surface area contributed by atoms with Crippen LogP contribution in [-0.4, -0.2) is 9.55 Å². The second-order valence-corrected chi connectivity index (χ2v) is 8.54. The molecule has 0 amide bonds. The van der Waals surface area contributed by atoms with Crippen LogP contribution in [0.3, 0.4) is 0 Å². The van der Waals surface area contributed by atoms with Crippen molar-refractivity contribution in [2.75, 3.05) is 0 Å². The zero-order valence-corrected chi connectivity index (χ0v) is 17.0. The SMILES string of the molecule is CC(C)(C)c1ccc(Cn2c(CCc3ccccc3)nc3ccccc32)cc1. The lowest BCUT2D eigenvalue weighted by molar-refractivity contribution is 0.589. The Morgan fingerprint density at radius 2 is 1.39 bits per heavy atom. The number of benzene rings is 3. The smallest absolute Gasteiger partial charge is 0.110 e. The molecule has 0 fully saturated rings. The van der Waals surface area contributed by atoms with Crippen LogP contribution in [0.5, 0.6) is 0 Å². The number of fused-ring (bicyclic) bond motifs is 1. The van der Waals surface area contributed by atoms with E-state index in [9.17, 15) is 0 Å². The molecule has 0 atom stereocenters. The van der Waals surface area contributed by atoms with Gasteiger partial charge in [0.25, 0.3) is 0 Å². The first kappa shape index (κ1) is 18.5. The van der Waals surface area contributed by atoms with Crippen molar-refractivity contribution in [1.29, 1.82) is 0 Å². The Kier molecular flexibility index (Phi) is 5.04. The highest BCUT2D eigenvalue weighted by Crippen LogP contribution is 2.24. The van der Waals surface area contributed by atoms with Gasteiger partial charge in [0.1, 0.15) is 5.82 Å². The molecule has 2 nitrogen and oxygen atoms in total. The monoisotopic (exact) mass is 368 g/mol. The van der Waals surface area contributed by atoms with Crippen molar-refractivity contribution < 1.29 is 0 Å². The third kappa shape index (κ3) is 4.01. The highest BCUT2D eigenvalue weighted by molar-refractivity contribution is 5.76. The minimum Gasteiger partial charge on any atom is -0.323 e. The van der Waals surface area contributed by atoms with E-state index >= 15 is 0 Å². The van der Waals surface area contributed by atoms with Crippen molar-refractivity contribution in [2.45, 2.75) is 45.6 Å². The molecule has 4 aromatic rings. The molecule has 0 radical (unpaired) electrons. The third-order valence-electron chi connectivity index (χ3n) is 5.37. The minimum atomic E-state index is 0.182. The number of rotatable bonds is 5. The summed E-state index contributed by atoms with van der Waals surface area (Å²) in [5.41, 5.74) is 6.52. The second kappa shape index (κ2) is 7.63. The van der Waals surface area contributed by atoms with Crippen LogP contribution >= 0.6 is 0 Å². The van der Waals surface area contributed by atoms with E-state index in [0.29, 0.717) is 0 Å². The molecule has 142 valence electrons. The van der Waals surface area contributed by atoms with Crippen LogP contribution < -0.4 is 0 Å². The fraction of sp³-hybridized carbons (Fsp3) is 0.269. The van der Waals surface area contributed by atoms with Crippen molar-refractivity contribution in [1.82, 2.24) is 9.55 Å². The summed E-state index contributed by atoms with van der Waals surface area (Å²) in [4.78, 5) is 4.94. The Balaban J connectivity index is 1.63. The number of imidazole rings is 1. The predicted molar refractivity (Wildman–Crippen MR) is 118 cm³/mol. The largest absolute Gasteiger partial charge is 0.323 e. The molecule has 1 aromatic heterocycles. The number of hydrogen-bond donors (Lipinski definition) is 0. The maximum atomic E-state index is 4.94. The molecule has 0 N–H and O–H groups in total. The van der Waals surface area contributed by atoms with Gasteiger partial charge in [-0.05, 0) is 40.7 Å². The summed E-state index contributed by atoms with van der Waals surface area (Å²) in [5.74, 6) is 1.16. The van der Waals surface area contributed by atoms with E-state index in [4.69, 9.17) is 4.98 Å². The van der Waals surface area contributed by atoms with Crippen LogP contribution in [0.4, 0.5) is 0 Å². The van der Waals surface area contributed by atoms with Crippen LogP contribution in [0.2, 0.25) is 0 Å². The van der Waals surface area contributed by atoms with E-state index in [1.54, 1.807) is 0 Å². The average Bonchev–Trinajstić information content (AvgIpc) is 3.04. The lowest BCUT2D eigenvalue weighted by Gasteiger charge is -2.19. The molecular weight excluding hydrogens is 340 g/mol. The Labute approximate surface area is 167 Å². The molecule has 2 heteroatoms. The summed E-state index contributed by atoms with van der Waals surface area (Å²) in [5, 5.41) is 0. The van der Waals surface area contributed by atoms with E-state index in [-0.39, 0.29) is 5.41 Å². The van der Waals surface area contributed by atoms with Gasteiger partial charge < -0.3 is 4.57 Å². The van der Waals surface area contributed by atoms with E-state index in [1.807, 2.05) is 0 Å². The fourth-order valence-electron chi connectivity index (χ4n) is 3.69. The first-order valence-corrected chi connectivity index (χ1v) is 10.1. The summed E-state index contributed by atoms with van der Waals surface area (Å²) in [7, 11) is 0. The van der Waals surface area contributed by atoms with Gasteiger partial charge in [-0.2, -0.15) is 0 Å². The lowest BCUT2D eigenvalue weighted by Crippen LogP contribution is -2.11. The van der Waals surface area contributed by atoms with Crippen molar-refractivity contribution in [3.05, 3.63) is 101 Å². The zero-order valence-electron chi connectivity index (χ0n) is 17.0. The molecule has 0 bridgehead atoms. The van der Waals surface area contributed by atoms with Crippen LogP contribution in [0.25, 0.3) is 11.0 Å². The number of hydrogen-bond acceptors (Lipinski definition) is 1. The molecule has 0 saturated carbocycles. The normalized spacial score (nSPS) is 11.8. The fourth-order valence-corrected chi connectivity index (χ4v) is 3.69. The summed E-state index contributed by atoms with van der Waals surface area (Å²) in [6.45, 7) is 7.63. The molecule has 0 spiro atoms. The van der Waals surface area contributed by atoms with Gasteiger partial charge >= 0.3 is 0 Å². The molecule has 1 heterocycles. The summed E-state index contributed by atoms with van der Waals surface area (Å²) in [6, 6.07) is 28.2. The van der Waals surface area contributed by atoms with Crippen molar-refractivity contribution >= 4 is 11.0 Å². The Morgan fingerprint density at radius 1 is 0.714 bits per heavy atom. The van der Waals surface area contributed by atoms with Crippen LogP contribution in [0.1, 0.15) is 43.3 Å². The van der Waals surface area contributed by atoms with Gasteiger partial charge in [-0.15, -0.1) is 0 Å². The molecule has 28 heavy (non-hydrogen) atoms. The van der Waals surface area contributed by atoms with E-state index in [0.717, 1.165) is 30.7 Å². The van der Waals surface area contributed by atoms with Crippen molar-refractivity contribution in [2.24, 2.45) is 0 Å². The van der Waals surface area contributed by atoms with Gasteiger partial charge in [0.05, 0.1) is 11.0 Å². The molecule has 0 aliphatic rings. The Hall–Kier alpha value is -2.87. The standard InChI is InChI=1S/C26H28N2/c1-26(2,3)22-16-13-21(14-17-22)19-28-24-12-8-7-11-23(24)27-25(28)18-15-20-9-5-4-6-10-20/h4-14,16-17H,15,18-19H2,1-3H3. The number of aryl methyl sites for hydroxylation is 2. The Morgan fingerprint density at radius 3 is 2.11 bits per heavy atom. The topological polar surface area (TPSA) is 17.8 Å². The minimum absolute atomic E-state index is 0.182. The van der Waals surface area contributed by atoms with Crippen LogP contribution in [-0.2, 0) is 24.8 Å². The highest BCUT2D eigenvalue weighted by atomic mass is 15.1. The molecule has 3 aromatic carbocycles. The number of nitrogens with zero attached hydrogens (tertiary/aromatic N) is 2. The maximum absolute atomic E-state index is 4.94. The van der Waals surface area contributed by atoms with Crippen molar-refractivity contribution in [3.63, 3.8) is 0 Å². The number of aromatic nitrogens is 2. The quantitative estimate of drug-likeness (QED) is 0.412. The average molecular weight is 369 g/mol. The lowest BCUT2D eigenvalue weighted by atomic mass is 9.87. The van der Waals surface area contributed by atoms with Crippen molar-refractivity contribution in [3.8, 4) is 0 Å². The number of para-hydroxylation sites is 2. The van der Waals surface area contributed by atoms with Gasteiger partial charge in [0.15, 0.2) is 0 Å². The summed E-state index contributed by atoms with van der Waals surface area (Å²) in [6.07, 6.45) is 1.95. The van der Waals surface area contributed by atoms with Gasteiger partial charge in [-0.1, -0.05) is 87.5 Å². The predicted octanol–water partition coefficient (Wildman–Crippen LogP) is 6.17. The van der Waals surface area contributed by atoms with E-state index < -0.39 is 0 Å². The van der Waals surface area contributed by atoms with E-state index in [2.05, 4.69) is 104 Å². The van der Waals surface area contributed by atoms with Gasteiger partial charge in [0, 0.05) is 13.0 Å². The maximum Gasteiger partial charge on any atom is 0.110 e. The van der Waals surface area contributed by atoms with E-state index in [1.165, 1.54) is 22.2 Å². The molecule has 0 aliphatic heterocycles. The third-order valence-corrected chi connectivity index (χ3v) is 5.37. The first-order valence-electron chi connectivity index (χ1n) is 10.1. The van der Waals surface area contributed by atoms with Crippen LogP contribution in [0, 0.1) is 0 Å². The van der Waals surface area contributed by atoms with Crippen LogP contribution in [0.15, 0.2) is 78.9 Å². The highest BCUT2D eigenvalue weighted by Gasteiger charge is 2.14. The molecule has 0 aliphatic carbocycles. The van der Waals surface area contributed by atoms with Gasteiger partial charge in [0.2, 0.25) is 0 Å². The Bertz CT molecular complexity index is 1050. The molecule has 0 unspecified atom stereocenters. The second-order valence-electron chi connectivity index (χ2n) is 8.54. The summed E-state index contributed by atoms with van der Waals surface area (Å²) < 4.78 is 2.38. The molecule has 4 rings (SSSR count). The molecular formula is C26H28N2. The molecule has 0 saturated heterocycles. The first-order chi connectivity index (χ1) is 13.5. The summed E-state index contributed by atoms with van der Waals surface area (Å²) >= 11 is 0. The van der Waals surface area contributed by atoms with Gasteiger partial charge in [-0.25, -0.2) is 4.98 Å². The van der Waals surface area contributed by atoms with Gasteiger partial charge in [-0.3, -0.25) is 0 Å².